The molecule has 2 rings (SSSR count). The number of hydrogen-bond donors (Lipinski definition) is 2. The van der Waals surface area contributed by atoms with Crippen LogP contribution in [-0.4, -0.2) is 35.3 Å². The molecule has 8 heteroatoms. The summed E-state index contributed by atoms with van der Waals surface area (Å²) in [5.74, 6) is 0.897. The second-order valence-electron chi connectivity index (χ2n) is 3.53. The molecule has 0 aromatic heterocycles. The maximum Gasteiger partial charge on any atom is 0.236 e. The first-order valence-corrected chi connectivity index (χ1v) is 6.98. The highest BCUT2D eigenvalue weighted by atomic mass is 79.9. The highest BCUT2D eigenvalue weighted by molar-refractivity contribution is 9.10. The minimum absolute atomic E-state index is 0.0553. The lowest BCUT2D eigenvalue weighted by Gasteiger charge is -2.05. The first-order valence-electron chi connectivity index (χ1n) is 5.20. The Morgan fingerprint density at radius 3 is 3.00 bits per heavy atom. The van der Waals surface area contributed by atoms with E-state index in [2.05, 4.69) is 31.4 Å². The van der Waals surface area contributed by atoms with Crippen LogP contribution in [0.1, 0.15) is 5.56 Å². The van der Waals surface area contributed by atoms with Crippen LogP contribution in [0.3, 0.4) is 0 Å². The summed E-state index contributed by atoms with van der Waals surface area (Å²) in [5.41, 5.74) is 0.471. The highest BCUT2D eigenvalue weighted by Crippen LogP contribution is 2.31. The van der Waals surface area contributed by atoms with E-state index in [1.165, 1.54) is 31.2 Å². The number of phenolic OH excluding ortho intramolecular Hbond substituents is 1. The number of nitrogens with zero attached hydrogens (tertiary/aromatic N) is 2. The average molecular weight is 344 g/mol. The number of nitrogens with one attached hydrogen (secondary N) is 1. The van der Waals surface area contributed by atoms with Gasteiger partial charge < -0.3 is 15.2 Å². The zero-order valence-corrected chi connectivity index (χ0v) is 12.3. The zero-order valence-electron chi connectivity index (χ0n) is 9.88. The number of benzene rings is 1. The van der Waals surface area contributed by atoms with Crippen molar-refractivity contribution < 1.29 is 14.6 Å². The minimum atomic E-state index is -0.0906. The quantitative estimate of drug-likeness (QED) is 0.646. The number of methoxy groups -OCH3 is 1. The van der Waals surface area contributed by atoms with Crippen molar-refractivity contribution in [3.8, 4) is 11.5 Å². The lowest BCUT2D eigenvalue weighted by Crippen LogP contribution is -2.19. The molecule has 1 aromatic carbocycles. The summed E-state index contributed by atoms with van der Waals surface area (Å²) in [6, 6.07) is 3.14. The lowest BCUT2D eigenvalue weighted by molar-refractivity contribution is -0.116. The average Bonchev–Trinajstić information content (AvgIpc) is 2.78. The third-order valence-electron chi connectivity index (χ3n) is 2.23. The van der Waals surface area contributed by atoms with Crippen LogP contribution >= 0.6 is 27.7 Å². The molecule has 1 saturated heterocycles. The summed E-state index contributed by atoms with van der Waals surface area (Å²) in [6.07, 6.45) is 1.39. The Bertz CT molecular complexity index is 575. The molecule has 1 aromatic rings. The third kappa shape index (κ3) is 3.48. The fraction of sp³-hybridized carbons (Fsp3) is 0.182. The van der Waals surface area contributed by atoms with Gasteiger partial charge in [-0.15, -0.1) is 5.10 Å². The van der Waals surface area contributed by atoms with Crippen LogP contribution in [0, 0.1) is 0 Å². The van der Waals surface area contributed by atoms with E-state index in [4.69, 9.17) is 4.74 Å². The zero-order chi connectivity index (χ0) is 13.8. The normalized spacial score (nSPS) is 17.2. The smallest absolute Gasteiger partial charge is 0.236 e. The second-order valence-corrected chi connectivity index (χ2v) is 5.35. The fourth-order valence-corrected chi connectivity index (χ4v) is 2.47. The molecular weight excluding hydrogens is 334 g/mol. The molecule has 2 N–H and O–H groups in total. The monoisotopic (exact) mass is 343 g/mol. The number of ether oxygens (including phenoxy) is 1. The van der Waals surface area contributed by atoms with Crippen molar-refractivity contribution in [2.24, 2.45) is 10.2 Å². The standard InChI is InChI=1S/C11H10BrN3O3S/c1-18-9-2-6(8(16)3-7(9)12)4-13-15-11-14-10(17)5-19-11/h2-4,16H,5H2,1H3,(H,14,15,17). The Morgan fingerprint density at radius 2 is 2.37 bits per heavy atom. The van der Waals surface area contributed by atoms with Crippen LogP contribution in [0.5, 0.6) is 11.5 Å². The molecule has 0 radical (unpaired) electrons. The van der Waals surface area contributed by atoms with Gasteiger partial charge >= 0.3 is 0 Å². The molecule has 0 unspecified atom stereocenters. The van der Waals surface area contributed by atoms with Crippen LogP contribution in [0.4, 0.5) is 0 Å². The number of amidine groups is 1. The van der Waals surface area contributed by atoms with Gasteiger partial charge in [0.05, 0.1) is 23.5 Å². The Balaban J connectivity index is 2.17. The van der Waals surface area contributed by atoms with E-state index < -0.39 is 0 Å². The molecule has 6 nitrogen and oxygen atoms in total. The van der Waals surface area contributed by atoms with Crippen molar-refractivity contribution in [2.45, 2.75) is 0 Å². The molecule has 1 heterocycles. The van der Waals surface area contributed by atoms with Crippen molar-refractivity contribution in [3.05, 3.63) is 22.2 Å². The number of phenols is 1. The number of carbonyl (C=O) groups excluding carboxylic acids is 1. The van der Waals surface area contributed by atoms with Crippen molar-refractivity contribution in [2.75, 3.05) is 12.9 Å². The van der Waals surface area contributed by atoms with Crippen molar-refractivity contribution in [1.82, 2.24) is 5.32 Å². The Labute approximate surface area is 122 Å². The van der Waals surface area contributed by atoms with Gasteiger partial charge in [0.2, 0.25) is 5.91 Å². The molecule has 100 valence electrons. The summed E-state index contributed by atoms with van der Waals surface area (Å²) in [5, 5.41) is 20.4. The topological polar surface area (TPSA) is 83.3 Å². The van der Waals surface area contributed by atoms with Gasteiger partial charge in [0.1, 0.15) is 11.5 Å². The Kier molecular flexibility index (Phi) is 4.43. The van der Waals surface area contributed by atoms with Crippen LogP contribution in [-0.2, 0) is 4.79 Å². The number of aromatic hydroxyl groups is 1. The molecule has 1 amide bonds. The summed E-state index contributed by atoms with van der Waals surface area (Å²) in [7, 11) is 1.53. The number of halogens is 1. The second kappa shape index (κ2) is 6.07. The molecule has 0 atom stereocenters. The van der Waals surface area contributed by atoms with Crippen LogP contribution < -0.4 is 10.1 Å². The highest BCUT2D eigenvalue weighted by Gasteiger charge is 2.16. The van der Waals surface area contributed by atoms with Crippen molar-refractivity contribution in [3.63, 3.8) is 0 Å². The van der Waals surface area contributed by atoms with Gasteiger partial charge in [0.15, 0.2) is 5.17 Å². The van der Waals surface area contributed by atoms with Crippen molar-refractivity contribution >= 4 is 45.0 Å². The molecule has 19 heavy (non-hydrogen) atoms. The third-order valence-corrected chi connectivity index (χ3v) is 3.72. The molecule has 1 fully saturated rings. The number of hydrogen-bond acceptors (Lipinski definition) is 6. The molecular formula is C11H10BrN3O3S. The maximum atomic E-state index is 10.9. The molecule has 0 saturated carbocycles. The van der Waals surface area contributed by atoms with Gasteiger partial charge in [0, 0.05) is 5.56 Å². The van der Waals surface area contributed by atoms with Crippen LogP contribution in [0.25, 0.3) is 0 Å². The van der Waals surface area contributed by atoms with E-state index in [0.29, 0.717) is 26.7 Å². The SMILES string of the molecule is COc1cc(C=NN=C2NC(=O)CS2)c(O)cc1Br. The largest absolute Gasteiger partial charge is 0.507 e. The summed E-state index contributed by atoms with van der Waals surface area (Å²) < 4.78 is 5.77. The molecule has 1 aliphatic rings. The number of thioether (sulfide) groups is 1. The molecule has 0 spiro atoms. The summed E-state index contributed by atoms with van der Waals surface area (Å²) >= 11 is 4.54. The van der Waals surface area contributed by atoms with Gasteiger partial charge in [0.25, 0.3) is 0 Å². The summed E-state index contributed by atoms with van der Waals surface area (Å²) in [4.78, 5) is 10.9. The fourth-order valence-electron chi connectivity index (χ4n) is 1.34. The Hall–Kier alpha value is -1.54. The molecule has 1 aliphatic heterocycles. The molecule has 0 bridgehead atoms. The predicted molar refractivity (Wildman–Crippen MR) is 78.0 cm³/mol. The van der Waals surface area contributed by atoms with Crippen LogP contribution in [0.15, 0.2) is 26.8 Å². The van der Waals surface area contributed by atoms with E-state index in [1.807, 2.05) is 0 Å². The lowest BCUT2D eigenvalue weighted by atomic mass is 10.2. The van der Waals surface area contributed by atoms with E-state index in [1.54, 1.807) is 6.07 Å². The first-order chi connectivity index (χ1) is 9.10. The van der Waals surface area contributed by atoms with Crippen LogP contribution in [0.2, 0.25) is 0 Å². The summed E-state index contributed by atoms with van der Waals surface area (Å²) in [6.45, 7) is 0. The van der Waals surface area contributed by atoms with Gasteiger partial charge in [-0.1, -0.05) is 11.8 Å². The van der Waals surface area contributed by atoms with Gasteiger partial charge in [-0.2, -0.15) is 5.10 Å². The van der Waals surface area contributed by atoms with Crippen molar-refractivity contribution in [1.29, 1.82) is 0 Å². The van der Waals surface area contributed by atoms with E-state index in [9.17, 15) is 9.90 Å². The van der Waals surface area contributed by atoms with Gasteiger partial charge in [-0.05, 0) is 28.1 Å². The van der Waals surface area contributed by atoms with Gasteiger partial charge in [-0.25, -0.2) is 0 Å². The number of carbonyl (C=O) groups is 1. The Morgan fingerprint density at radius 1 is 1.58 bits per heavy atom. The van der Waals surface area contributed by atoms with E-state index >= 15 is 0 Å². The first kappa shape index (κ1) is 13.9. The molecule has 0 aliphatic carbocycles. The van der Waals surface area contributed by atoms with Gasteiger partial charge in [-0.3, -0.25) is 4.79 Å². The number of amides is 1. The predicted octanol–water partition coefficient (Wildman–Crippen LogP) is 1.72. The van der Waals surface area contributed by atoms with E-state index in [0.717, 1.165) is 0 Å². The number of rotatable bonds is 3. The minimum Gasteiger partial charge on any atom is -0.507 e. The van der Waals surface area contributed by atoms with E-state index in [-0.39, 0.29) is 11.7 Å². The maximum absolute atomic E-state index is 10.9.